The number of likely N-dealkylation sites (tertiary alicyclic amines) is 1. The van der Waals surface area contributed by atoms with Gasteiger partial charge in [-0.1, -0.05) is 15.9 Å². The number of amides is 1. The summed E-state index contributed by atoms with van der Waals surface area (Å²) in [6.07, 6.45) is 1.01. The zero-order valence-electron chi connectivity index (χ0n) is 14.0. The molecule has 0 aliphatic carbocycles. The molecule has 2 N–H and O–H groups in total. The fourth-order valence-electron chi connectivity index (χ4n) is 3.35. The Balaban J connectivity index is 0.00000208. The first-order valence-electron chi connectivity index (χ1n) is 7.95. The van der Waals surface area contributed by atoms with E-state index in [1.54, 1.807) is 0 Å². The monoisotopic (exact) mass is 411 g/mol. The lowest BCUT2D eigenvalue weighted by atomic mass is 10.1. The molecule has 24 heavy (non-hydrogen) atoms. The summed E-state index contributed by atoms with van der Waals surface area (Å²) in [4.78, 5) is 14.8. The van der Waals surface area contributed by atoms with Gasteiger partial charge in [-0.15, -0.1) is 12.4 Å². The van der Waals surface area contributed by atoms with Crippen LogP contribution in [0.15, 0.2) is 34.8 Å². The predicted octanol–water partition coefficient (Wildman–Crippen LogP) is 3.70. The fourth-order valence-corrected chi connectivity index (χ4v) is 3.61. The molecule has 1 unspecified atom stereocenters. The van der Waals surface area contributed by atoms with Crippen LogP contribution in [0.4, 0.5) is 0 Å². The quantitative estimate of drug-likeness (QED) is 0.835. The molecule has 0 spiro atoms. The highest BCUT2D eigenvalue weighted by Crippen LogP contribution is 2.25. The molecular weight excluding hydrogens is 390 g/mol. The minimum atomic E-state index is 0. The van der Waals surface area contributed by atoms with Gasteiger partial charge in [-0.3, -0.25) is 4.79 Å². The highest BCUT2D eigenvalue weighted by molar-refractivity contribution is 9.10. The number of aryl methyl sites for hydroxylation is 1. The van der Waals surface area contributed by atoms with E-state index in [0.29, 0.717) is 12.5 Å². The number of rotatable bonds is 3. The number of aromatic nitrogens is 1. The highest BCUT2D eigenvalue weighted by Gasteiger charge is 2.28. The van der Waals surface area contributed by atoms with Crippen LogP contribution < -0.4 is 5.73 Å². The van der Waals surface area contributed by atoms with Crippen LogP contribution in [0.25, 0.3) is 5.69 Å². The van der Waals surface area contributed by atoms with E-state index in [0.717, 1.165) is 46.6 Å². The molecule has 0 bridgehead atoms. The zero-order chi connectivity index (χ0) is 16.6. The van der Waals surface area contributed by atoms with Crippen LogP contribution in [0.2, 0.25) is 0 Å². The SMILES string of the molecule is Cc1cc(C(=O)N2CCC(CN)C2)c(C)n1-c1ccc(Br)cc1.Cl. The van der Waals surface area contributed by atoms with Crippen LogP contribution in [0.3, 0.4) is 0 Å². The van der Waals surface area contributed by atoms with Crippen LogP contribution in [-0.2, 0) is 0 Å². The average Bonchev–Trinajstić information content (AvgIpc) is 3.13. The second-order valence-electron chi connectivity index (χ2n) is 6.24. The maximum atomic E-state index is 12.8. The maximum absolute atomic E-state index is 12.8. The smallest absolute Gasteiger partial charge is 0.255 e. The Morgan fingerprint density at radius 1 is 1.29 bits per heavy atom. The molecule has 2 aromatic rings. The molecule has 1 amide bonds. The molecule has 6 heteroatoms. The largest absolute Gasteiger partial charge is 0.338 e. The van der Waals surface area contributed by atoms with Crippen molar-refractivity contribution in [1.82, 2.24) is 9.47 Å². The Hall–Kier alpha value is -1.30. The summed E-state index contributed by atoms with van der Waals surface area (Å²) in [5, 5.41) is 0. The molecule has 1 saturated heterocycles. The topological polar surface area (TPSA) is 51.3 Å². The minimum absolute atomic E-state index is 0. The van der Waals surface area contributed by atoms with Gasteiger partial charge < -0.3 is 15.2 Å². The highest BCUT2D eigenvalue weighted by atomic mass is 79.9. The number of hydrogen-bond acceptors (Lipinski definition) is 2. The molecule has 1 aromatic heterocycles. The van der Waals surface area contributed by atoms with Gasteiger partial charge in [0.15, 0.2) is 0 Å². The van der Waals surface area contributed by atoms with Crippen LogP contribution in [0.5, 0.6) is 0 Å². The summed E-state index contributed by atoms with van der Waals surface area (Å²) in [6, 6.07) is 10.1. The van der Waals surface area contributed by atoms with Gasteiger partial charge in [0.2, 0.25) is 0 Å². The third-order valence-corrected chi connectivity index (χ3v) is 5.18. The third-order valence-electron chi connectivity index (χ3n) is 4.65. The Kier molecular flexibility index (Phi) is 6.12. The first kappa shape index (κ1) is 19.0. The number of hydrogen-bond donors (Lipinski definition) is 1. The Labute approximate surface area is 157 Å². The van der Waals surface area contributed by atoms with Gasteiger partial charge in [-0.25, -0.2) is 0 Å². The molecule has 0 radical (unpaired) electrons. The molecule has 4 nitrogen and oxygen atoms in total. The van der Waals surface area contributed by atoms with Crippen molar-refractivity contribution in [3.05, 3.63) is 51.8 Å². The second-order valence-corrected chi connectivity index (χ2v) is 7.15. The molecule has 1 atom stereocenters. The van der Waals surface area contributed by atoms with Crippen molar-refractivity contribution in [2.45, 2.75) is 20.3 Å². The average molecular weight is 413 g/mol. The van der Waals surface area contributed by atoms with Gasteiger partial charge in [0.05, 0.1) is 5.56 Å². The minimum Gasteiger partial charge on any atom is -0.338 e. The normalized spacial score (nSPS) is 17.0. The van der Waals surface area contributed by atoms with Crippen molar-refractivity contribution < 1.29 is 4.79 Å². The fraction of sp³-hybridized carbons (Fsp3) is 0.389. The van der Waals surface area contributed by atoms with Crippen LogP contribution in [0.1, 0.15) is 28.2 Å². The number of halogens is 2. The second kappa shape index (κ2) is 7.72. The standard InChI is InChI=1S/C18H22BrN3O.ClH/c1-12-9-17(18(23)21-8-7-14(10-20)11-21)13(2)22(12)16-5-3-15(19)4-6-16;/h3-6,9,14H,7-8,10-11,20H2,1-2H3;1H. The lowest BCUT2D eigenvalue weighted by molar-refractivity contribution is 0.0787. The molecule has 1 fully saturated rings. The van der Waals surface area contributed by atoms with Gasteiger partial charge in [0.1, 0.15) is 0 Å². The summed E-state index contributed by atoms with van der Waals surface area (Å²) in [6.45, 7) is 6.29. The van der Waals surface area contributed by atoms with E-state index in [9.17, 15) is 4.79 Å². The number of nitrogens with two attached hydrogens (primary N) is 1. The predicted molar refractivity (Wildman–Crippen MR) is 103 cm³/mol. The first-order valence-corrected chi connectivity index (χ1v) is 8.74. The van der Waals surface area contributed by atoms with E-state index < -0.39 is 0 Å². The Morgan fingerprint density at radius 3 is 2.54 bits per heavy atom. The van der Waals surface area contributed by atoms with E-state index in [2.05, 4.69) is 32.6 Å². The van der Waals surface area contributed by atoms with Gasteiger partial charge >= 0.3 is 0 Å². The van der Waals surface area contributed by atoms with Crippen molar-refractivity contribution in [2.75, 3.05) is 19.6 Å². The molecular formula is C18H23BrClN3O. The van der Waals surface area contributed by atoms with Crippen molar-refractivity contribution in [1.29, 1.82) is 0 Å². The van der Waals surface area contributed by atoms with Crippen molar-refractivity contribution in [3.63, 3.8) is 0 Å². The van der Waals surface area contributed by atoms with Gasteiger partial charge in [-0.2, -0.15) is 0 Å². The number of nitrogens with zero attached hydrogens (tertiary/aromatic N) is 2. The molecule has 130 valence electrons. The van der Waals surface area contributed by atoms with E-state index in [-0.39, 0.29) is 18.3 Å². The van der Waals surface area contributed by atoms with Gasteiger partial charge in [0.25, 0.3) is 5.91 Å². The molecule has 0 saturated carbocycles. The lowest BCUT2D eigenvalue weighted by Crippen LogP contribution is -2.30. The summed E-state index contributed by atoms with van der Waals surface area (Å²) in [7, 11) is 0. The summed E-state index contributed by atoms with van der Waals surface area (Å²) in [5.41, 5.74) is 9.67. The number of benzene rings is 1. The molecule has 1 aromatic carbocycles. The van der Waals surface area contributed by atoms with Crippen molar-refractivity contribution in [3.8, 4) is 5.69 Å². The summed E-state index contributed by atoms with van der Waals surface area (Å²) in [5.74, 6) is 0.561. The summed E-state index contributed by atoms with van der Waals surface area (Å²) < 4.78 is 3.18. The van der Waals surface area contributed by atoms with E-state index in [4.69, 9.17) is 5.73 Å². The Bertz CT molecular complexity index is 727. The molecule has 2 heterocycles. The third kappa shape index (κ3) is 3.53. The lowest BCUT2D eigenvalue weighted by Gasteiger charge is -2.16. The first-order chi connectivity index (χ1) is 11.0. The van der Waals surface area contributed by atoms with Gasteiger partial charge in [-0.05, 0) is 63.1 Å². The van der Waals surface area contributed by atoms with Crippen LogP contribution >= 0.6 is 28.3 Å². The van der Waals surface area contributed by atoms with E-state index >= 15 is 0 Å². The molecule has 1 aliphatic rings. The zero-order valence-corrected chi connectivity index (χ0v) is 16.4. The van der Waals surface area contributed by atoms with Gasteiger partial charge in [0, 0.05) is 34.6 Å². The maximum Gasteiger partial charge on any atom is 0.255 e. The van der Waals surface area contributed by atoms with Crippen molar-refractivity contribution in [2.24, 2.45) is 11.7 Å². The van der Waals surface area contributed by atoms with Crippen LogP contribution in [0, 0.1) is 19.8 Å². The van der Waals surface area contributed by atoms with E-state index in [1.165, 1.54) is 0 Å². The van der Waals surface area contributed by atoms with E-state index in [1.807, 2.05) is 36.9 Å². The Morgan fingerprint density at radius 2 is 1.96 bits per heavy atom. The molecule has 3 rings (SSSR count). The van der Waals surface area contributed by atoms with Crippen LogP contribution in [-0.4, -0.2) is 35.0 Å². The molecule has 1 aliphatic heterocycles. The summed E-state index contributed by atoms with van der Waals surface area (Å²) >= 11 is 3.46. The van der Waals surface area contributed by atoms with Crippen molar-refractivity contribution >= 4 is 34.2 Å². The number of carbonyl (C=O) groups excluding carboxylic acids is 1. The number of carbonyl (C=O) groups is 1.